The molecule has 0 aliphatic carbocycles. The summed E-state index contributed by atoms with van der Waals surface area (Å²) in [6, 6.07) is 1.57. The third-order valence-corrected chi connectivity index (χ3v) is 3.42. The summed E-state index contributed by atoms with van der Waals surface area (Å²) in [5.41, 5.74) is 0. The molecule has 9 nitrogen and oxygen atoms in total. The van der Waals surface area contributed by atoms with Crippen LogP contribution < -0.4 is 9.64 Å². The number of amides is 1. The molecule has 1 aliphatic rings. The van der Waals surface area contributed by atoms with Crippen molar-refractivity contribution >= 4 is 23.5 Å². The van der Waals surface area contributed by atoms with Gasteiger partial charge in [0.15, 0.2) is 11.9 Å². The largest absolute Gasteiger partial charge is 0.475 e. The first kappa shape index (κ1) is 17.6. The summed E-state index contributed by atoms with van der Waals surface area (Å²) in [7, 11) is 0. The van der Waals surface area contributed by atoms with E-state index in [1.54, 1.807) is 0 Å². The summed E-state index contributed by atoms with van der Waals surface area (Å²) < 4.78 is 10.6. The van der Waals surface area contributed by atoms with Gasteiger partial charge in [-0.05, 0) is 35.7 Å². The van der Waals surface area contributed by atoms with E-state index >= 15 is 0 Å². The number of esters is 1. The van der Waals surface area contributed by atoms with Crippen molar-refractivity contribution < 1.29 is 24.0 Å². The SMILES string of the molecule is CC(C)COC(=O)C(C)N1C(=O)C(C)Oc2ccc([N+](=O)[O-])nc21. The third-order valence-electron chi connectivity index (χ3n) is 3.42. The highest BCUT2D eigenvalue weighted by Gasteiger charge is 2.42. The van der Waals surface area contributed by atoms with Crippen LogP contribution in [-0.4, -0.2) is 40.5 Å². The Labute approximate surface area is 138 Å². The minimum atomic E-state index is -0.976. The molecule has 1 amide bonds. The first-order chi connectivity index (χ1) is 11.2. The lowest BCUT2D eigenvalue weighted by Crippen LogP contribution is -2.52. The topological polar surface area (TPSA) is 112 Å². The Morgan fingerprint density at radius 1 is 1.46 bits per heavy atom. The molecular formula is C15H19N3O6. The number of nitro groups is 1. The standard InChI is InChI=1S/C15H19N3O6/c1-8(2)7-23-15(20)9(3)17-13-11(24-10(4)14(17)19)5-6-12(16-13)18(21)22/h5-6,8-10H,7H2,1-4H3. The number of hydrogen-bond acceptors (Lipinski definition) is 7. The van der Waals surface area contributed by atoms with Gasteiger partial charge in [-0.2, -0.15) is 0 Å². The van der Waals surface area contributed by atoms with Crippen LogP contribution in [0.25, 0.3) is 0 Å². The van der Waals surface area contributed by atoms with E-state index < -0.39 is 34.8 Å². The highest BCUT2D eigenvalue weighted by molar-refractivity contribution is 6.03. The van der Waals surface area contributed by atoms with Gasteiger partial charge in [0.05, 0.1) is 6.61 Å². The maximum atomic E-state index is 12.4. The van der Waals surface area contributed by atoms with Crippen molar-refractivity contribution in [2.45, 2.75) is 39.8 Å². The minimum absolute atomic E-state index is 0.0544. The van der Waals surface area contributed by atoms with E-state index in [1.165, 1.54) is 26.0 Å². The Morgan fingerprint density at radius 3 is 2.71 bits per heavy atom. The first-order valence-electron chi connectivity index (χ1n) is 7.54. The smallest absolute Gasteiger partial charge is 0.366 e. The van der Waals surface area contributed by atoms with E-state index in [2.05, 4.69) is 4.98 Å². The second-order valence-corrected chi connectivity index (χ2v) is 5.92. The number of rotatable bonds is 5. The molecule has 0 bridgehead atoms. The van der Waals surface area contributed by atoms with Crippen LogP contribution in [0, 0.1) is 16.0 Å². The zero-order chi connectivity index (χ0) is 18.0. The van der Waals surface area contributed by atoms with Crippen LogP contribution in [0.3, 0.4) is 0 Å². The molecule has 0 saturated carbocycles. The number of nitrogens with zero attached hydrogens (tertiary/aromatic N) is 3. The Kier molecular flexibility index (Phi) is 5.01. The van der Waals surface area contributed by atoms with Gasteiger partial charge in [0, 0.05) is 6.07 Å². The second kappa shape index (κ2) is 6.81. The Hall–Kier alpha value is -2.71. The molecule has 2 atom stereocenters. The molecule has 1 aromatic heterocycles. The van der Waals surface area contributed by atoms with Gasteiger partial charge in [-0.15, -0.1) is 0 Å². The molecule has 24 heavy (non-hydrogen) atoms. The van der Waals surface area contributed by atoms with Crippen LogP contribution in [0.15, 0.2) is 12.1 Å². The zero-order valence-corrected chi connectivity index (χ0v) is 13.9. The molecule has 0 saturated heterocycles. The first-order valence-corrected chi connectivity index (χ1v) is 7.54. The maximum absolute atomic E-state index is 12.4. The summed E-state index contributed by atoms with van der Waals surface area (Å²) in [6.07, 6.45) is -0.832. The van der Waals surface area contributed by atoms with Crippen LogP contribution in [-0.2, 0) is 14.3 Å². The molecule has 2 heterocycles. The van der Waals surface area contributed by atoms with E-state index in [-0.39, 0.29) is 24.1 Å². The summed E-state index contributed by atoms with van der Waals surface area (Å²) >= 11 is 0. The number of anilines is 1. The highest BCUT2D eigenvalue weighted by atomic mass is 16.6. The lowest BCUT2D eigenvalue weighted by atomic mass is 10.2. The van der Waals surface area contributed by atoms with Gasteiger partial charge >= 0.3 is 11.8 Å². The fraction of sp³-hybridized carbons (Fsp3) is 0.533. The van der Waals surface area contributed by atoms with Crippen molar-refractivity contribution in [2.75, 3.05) is 11.5 Å². The molecule has 2 rings (SSSR count). The molecular weight excluding hydrogens is 318 g/mol. The summed E-state index contributed by atoms with van der Waals surface area (Å²) in [6.45, 7) is 7.02. The molecule has 1 aliphatic heterocycles. The van der Waals surface area contributed by atoms with Gasteiger partial charge < -0.3 is 19.6 Å². The van der Waals surface area contributed by atoms with Crippen molar-refractivity contribution in [2.24, 2.45) is 5.92 Å². The normalized spacial score (nSPS) is 18.0. The van der Waals surface area contributed by atoms with E-state index in [4.69, 9.17) is 9.47 Å². The fourth-order valence-corrected chi connectivity index (χ4v) is 2.18. The summed E-state index contributed by atoms with van der Waals surface area (Å²) in [4.78, 5) is 39.8. The molecule has 1 aromatic rings. The molecule has 9 heteroatoms. The Morgan fingerprint density at radius 2 is 2.12 bits per heavy atom. The quantitative estimate of drug-likeness (QED) is 0.456. The predicted molar refractivity (Wildman–Crippen MR) is 83.7 cm³/mol. The number of pyridine rings is 1. The van der Waals surface area contributed by atoms with Gasteiger partial charge in [0.2, 0.25) is 0 Å². The molecule has 0 spiro atoms. The lowest BCUT2D eigenvalue weighted by molar-refractivity contribution is -0.389. The number of carbonyl (C=O) groups is 2. The average Bonchev–Trinajstić information content (AvgIpc) is 2.52. The van der Waals surface area contributed by atoms with E-state index in [9.17, 15) is 19.7 Å². The van der Waals surface area contributed by atoms with Crippen molar-refractivity contribution in [3.05, 3.63) is 22.2 Å². The predicted octanol–water partition coefficient (Wildman–Crippen LogP) is 1.69. The average molecular weight is 337 g/mol. The summed E-state index contributed by atoms with van der Waals surface area (Å²) in [5, 5.41) is 10.9. The fourth-order valence-electron chi connectivity index (χ4n) is 2.18. The third kappa shape index (κ3) is 3.44. The van der Waals surface area contributed by atoms with Crippen molar-refractivity contribution in [1.82, 2.24) is 4.98 Å². The van der Waals surface area contributed by atoms with Crippen molar-refractivity contribution in [1.29, 1.82) is 0 Å². The van der Waals surface area contributed by atoms with Gasteiger partial charge in [-0.25, -0.2) is 4.79 Å². The number of carbonyl (C=O) groups excluding carboxylic acids is 2. The van der Waals surface area contributed by atoms with Crippen molar-refractivity contribution in [3.8, 4) is 5.75 Å². The molecule has 0 radical (unpaired) electrons. The van der Waals surface area contributed by atoms with E-state index in [0.717, 1.165) is 4.90 Å². The van der Waals surface area contributed by atoms with E-state index in [0.29, 0.717) is 0 Å². The van der Waals surface area contributed by atoms with Crippen LogP contribution in [0.4, 0.5) is 11.6 Å². The Bertz CT molecular complexity index is 675. The van der Waals surface area contributed by atoms with Crippen LogP contribution in [0.2, 0.25) is 0 Å². The highest BCUT2D eigenvalue weighted by Crippen LogP contribution is 2.35. The van der Waals surface area contributed by atoms with Gasteiger partial charge in [-0.1, -0.05) is 13.8 Å². The molecule has 130 valence electrons. The number of hydrogen-bond donors (Lipinski definition) is 0. The molecule has 0 aromatic carbocycles. The van der Waals surface area contributed by atoms with E-state index in [1.807, 2.05) is 13.8 Å². The van der Waals surface area contributed by atoms with Crippen LogP contribution in [0.1, 0.15) is 27.7 Å². The van der Waals surface area contributed by atoms with Crippen molar-refractivity contribution in [3.63, 3.8) is 0 Å². The summed E-state index contributed by atoms with van der Waals surface area (Å²) in [5.74, 6) is -1.26. The van der Waals surface area contributed by atoms with Crippen LogP contribution >= 0.6 is 0 Å². The van der Waals surface area contributed by atoms with Gasteiger partial charge in [0.1, 0.15) is 6.04 Å². The minimum Gasteiger partial charge on any atom is -0.475 e. The number of fused-ring (bicyclic) bond motifs is 1. The molecule has 2 unspecified atom stereocenters. The van der Waals surface area contributed by atoms with Crippen LogP contribution in [0.5, 0.6) is 5.75 Å². The lowest BCUT2D eigenvalue weighted by Gasteiger charge is -2.32. The molecule has 0 fully saturated rings. The zero-order valence-electron chi connectivity index (χ0n) is 13.9. The Balaban J connectivity index is 2.37. The second-order valence-electron chi connectivity index (χ2n) is 5.92. The monoisotopic (exact) mass is 337 g/mol. The number of aromatic nitrogens is 1. The molecule has 0 N–H and O–H groups in total. The van der Waals surface area contributed by atoms with Gasteiger partial charge in [0.25, 0.3) is 11.7 Å². The van der Waals surface area contributed by atoms with Gasteiger partial charge in [-0.3, -0.25) is 9.69 Å². The maximum Gasteiger partial charge on any atom is 0.366 e. The number of ether oxygens (including phenoxy) is 2.